The van der Waals surface area contributed by atoms with E-state index in [4.69, 9.17) is 11.6 Å². The molecule has 8 nitrogen and oxygen atoms in total. The van der Waals surface area contributed by atoms with Crippen LogP contribution < -0.4 is 26.8 Å². The number of aromatic nitrogens is 2. The maximum absolute atomic E-state index is 13.3. The molecule has 1 aromatic heterocycles. The van der Waals surface area contributed by atoms with E-state index in [1.165, 1.54) is 4.57 Å². The van der Waals surface area contributed by atoms with Gasteiger partial charge in [-0.15, -0.1) is 0 Å². The maximum atomic E-state index is 13.3. The average Bonchev–Trinajstić information content (AvgIpc) is 3.15. The second-order valence-electron chi connectivity index (χ2n) is 9.88. The summed E-state index contributed by atoms with van der Waals surface area (Å²) in [6.07, 6.45) is -0.815. The smallest absolute Gasteiger partial charge is 0.332 e. The molecular formula is C25H30ClF2N5O3. The summed E-state index contributed by atoms with van der Waals surface area (Å²) in [5, 5.41) is 16.1. The molecule has 2 heterocycles. The Labute approximate surface area is 212 Å². The largest absolute Gasteiger partial charge is 0.396 e. The lowest BCUT2D eigenvalue weighted by atomic mass is 9.86. The Kier molecular flexibility index (Phi) is 7.19. The molecule has 0 bridgehead atoms. The minimum Gasteiger partial charge on any atom is -0.396 e. The fourth-order valence-corrected chi connectivity index (χ4v) is 4.73. The Bertz CT molecular complexity index is 1300. The molecular weight excluding hydrogens is 492 g/mol. The first-order valence-electron chi connectivity index (χ1n) is 11.8. The fourth-order valence-electron chi connectivity index (χ4n) is 4.61. The highest BCUT2D eigenvalue weighted by Crippen LogP contribution is 2.38. The summed E-state index contributed by atoms with van der Waals surface area (Å²) in [4.78, 5) is 28.0. The molecule has 0 spiro atoms. The molecule has 0 saturated heterocycles. The average molecular weight is 522 g/mol. The monoisotopic (exact) mass is 521 g/mol. The third kappa shape index (κ3) is 5.43. The number of rotatable bonds is 7. The van der Waals surface area contributed by atoms with Gasteiger partial charge in [0.2, 0.25) is 0 Å². The highest BCUT2D eigenvalue weighted by molar-refractivity contribution is 6.30. The van der Waals surface area contributed by atoms with Crippen molar-refractivity contribution in [1.29, 1.82) is 0 Å². The first-order valence-corrected chi connectivity index (χ1v) is 12.2. The summed E-state index contributed by atoms with van der Waals surface area (Å²) in [5.41, 5.74) is -0.589. The summed E-state index contributed by atoms with van der Waals surface area (Å²) in [5.74, 6) is 4.05. The van der Waals surface area contributed by atoms with Gasteiger partial charge >= 0.3 is 5.69 Å². The molecule has 2 aliphatic rings. The molecule has 1 aliphatic carbocycles. The molecule has 1 atom stereocenters. The van der Waals surface area contributed by atoms with Gasteiger partial charge in [0.1, 0.15) is 11.5 Å². The van der Waals surface area contributed by atoms with Crippen molar-refractivity contribution in [1.82, 2.24) is 14.5 Å². The Morgan fingerprint density at radius 3 is 2.53 bits per heavy atom. The topological polar surface area (TPSA) is 91.5 Å². The third-order valence-corrected chi connectivity index (χ3v) is 6.62. The predicted octanol–water partition coefficient (Wildman–Crippen LogP) is 2.51. The Morgan fingerprint density at radius 2 is 1.92 bits per heavy atom. The normalized spacial score (nSPS) is 18.8. The van der Waals surface area contributed by atoms with Crippen LogP contribution >= 0.6 is 11.6 Å². The highest BCUT2D eigenvalue weighted by Gasteiger charge is 2.46. The molecule has 36 heavy (non-hydrogen) atoms. The van der Waals surface area contributed by atoms with Crippen LogP contribution in [0.25, 0.3) is 0 Å². The van der Waals surface area contributed by atoms with Crippen molar-refractivity contribution in [2.24, 2.45) is 7.05 Å². The zero-order valence-corrected chi connectivity index (χ0v) is 21.2. The molecule has 194 valence electrons. The maximum Gasteiger partial charge on any atom is 0.332 e. The summed E-state index contributed by atoms with van der Waals surface area (Å²) < 4.78 is 29.0. The number of nitrogens with zero attached hydrogens (tertiary/aromatic N) is 3. The third-order valence-electron chi connectivity index (χ3n) is 6.37. The van der Waals surface area contributed by atoms with E-state index in [0.717, 1.165) is 10.1 Å². The van der Waals surface area contributed by atoms with Gasteiger partial charge in [0.05, 0.1) is 5.54 Å². The van der Waals surface area contributed by atoms with Gasteiger partial charge < -0.3 is 15.3 Å². The van der Waals surface area contributed by atoms with Crippen molar-refractivity contribution >= 4 is 23.1 Å². The van der Waals surface area contributed by atoms with Crippen molar-refractivity contribution in [2.45, 2.75) is 69.9 Å². The number of halogens is 3. The molecule has 1 fully saturated rings. The predicted molar refractivity (Wildman–Crippen MR) is 136 cm³/mol. The number of aliphatic hydroxyl groups is 1. The van der Waals surface area contributed by atoms with Crippen LogP contribution in [0, 0.1) is 11.8 Å². The van der Waals surface area contributed by atoms with Crippen LogP contribution in [0.3, 0.4) is 0 Å². The van der Waals surface area contributed by atoms with Crippen LogP contribution in [0.15, 0.2) is 33.9 Å². The Morgan fingerprint density at radius 1 is 1.25 bits per heavy atom. The molecule has 1 saturated carbocycles. The Balaban J connectivity index is 1.69. The van der Waals surface area contributed by atoms with E-state index in [2.05, 4.69) is 22.5 Å². The molecule has 2 aromatic rings. The van der Waals surface area contributed by atoms with Crippen molar-refractivity contribution in [2.75, 3.05) is 16.8 Å². The highest BCUT2D eigenvalue weighted by atomic mass is 35.5. The number of hydrogen-bond acceptors (Lipinski definition) is 6. The second-order valence-corrected chi connectivity index (χ2v) is 10.3. The standard InChI is InChI=1S/C25H30ClF2N5O3/c1-24(2,30-18-13-25(27,28)14-18)10-9-19-29-20-21(33(19)15-16-5-7-17(26)8-6-16)31(3)23(36)32(22(20)35)11-4-12-34/h5-8,18-19,29-30,34H,4,11-15H2,1-3H3. The van der Waals surface area contributed by atoms with Crippen molar-refractivity contribution in [3.05, 3.63) is 55.7 Å². The van der Waals surface area contributed by atoms with Crippen LogP contribution in [0.5, 0.6) is 0 Å². The van der Waals surface area contributed by atoms with Gasteiger partial charge in [-0.25, -0.2) is 13.6 Å². The fraction of sp³-hybridized carbons (Fsp3) is 0.520. The van der Waals surface area contributed by atoms with Crippen molar-refractivity contribution in [3.63, 3.8) is 0 Å². The first-order chi connectivity index (χ1) is 16.9. The van der Waals surface area contributed by atoms with Crippen LogP contribution in [0.2, 0.25) is 5.02 Å². The van der Waals surface area contributed by atoms with Gasteiger partial charge in [-0.05, 0) is 38.0 Å². The lowest BCUT2D eigenvalue weighted by Gasteiger charge is -2.39. The molecule has 1 aromatic carbocycles. The first kappa shape index (κ1) is 26.2. The van der Waals surface area contributed by atoms with Gasteiger partial charge in [-0.1, -0.05) is 35.6 Å². The van der Waals surface area contributed by atoms with Crippen LogP contribution in [0.1, 0.15) is 38.7 Å². The summed E-state index contributed by atoms with van der Waals surface area (Å²) >= 11 is 6.03. The minimum atomic E-state index is -2.63. The zero-order chi connectivity index (χ0) is 26.3. The van der Waals surface area contributed by atoms with Crippen LogP contribution in [-0.2, 0) is 20.1 Å². The molecule has 11 heteroatoms. The second kappa shape index (κ2) is 9.88. The number of anilines is 2. The number of hydrogen-bond donors (Lipinski definition) is 3. The molecule has 1 unspecified atom stereocenters. The molecule has 3 N–H and O–H groups in total. The van der Waals surface area contributed by atoms with Gasteiger partial charge in [0.25, 0.3) is 11.5 Å². The molecule has 0 radical (unpaired) electrons. The van der Waals surface area contributed by atoms with E-state index in [1.807, 2.05) is 30.9 Å². The molecule has 4 rings (SSSR count). The van der Waals surface area contributed by atoms with E-state index in [0.29, 0.717) is 17.4 Å². The Hall–Kier alpha value is -2.87. The summed E-state index contributed by atoms with van der Waals surface area (Å²) in [6, 6.07) is 6.91. The molecule has 1 aliphatic heterocycles. The summed E-state index contributed by atoms with van der Waals surface area (Å²) in [7, 11) is 1.59. The number of aliphatic hydroxyl groups excluding tert-OH is 1. The van der Waals surface area contributed by atoms with Crippen LogP contribution in [0.4, 0.5) is 20.3 Å². The SMILES string of the molecule is Cn1c2c(c(=O)n(CCCO)c1=O)NC(C#CC(C)(C)NC1CC(F)(F)C1)N2Cc1ccc(Cl)cc1. The number of benzene rings is 1. The van der Waals surface area contributed by atoms with E-state index in [1.54, 1.807) is 19.2 Å². The quantitative estimate of drug-likeness (QED) is 0.485. The van der Waals surface area contributed by atoms with Gasteiger partial charge in [0.15, 0.2) is 6.17 Å². The molecule has 0 amide bonds. The van der Waals surface area contributed by atoms with Gasteiger partial charge in [0, 0.05) is 50.7 Å². The minimum absolute atomic E-state index is 0.0907. The van der Waals surface area contributed by atoms with Crippen LogP contribution in [-0.4, -0.2) is 44.5 Å². The van der Waals surface area contributed by atoms with Crippen molar-refractivity contribution in [3.8, 4) is 11.8 Å². The van der Waals surface area contributed by atoms with E-state index < -0.39 is 28.9 Å². The van der Waals surface area contributed by atoms with E-state index >= 15 is 0 Å². The number of nitrogens with one attached hydrogen (secondary N) is 2. The van der Waals surface area contributed by atoms with Gasteiger partial charge in [-0.3, -0.25) is 19.2 Å². The van der Waals surface area contributed by atoms with Gasteiger partial charge in [-0.2, -0.15) is 0 Å². The van der Waals surface area contributed by atoms with Crippen molar-refractivity contribution < 1.29 is 13.9 Å². The van der Waals surface area contributed by atoms with E-state index in [-0.39, 0.29) is 44.1 Å². The lowest BCUT2D eigenvalue weighted by Crippen LogP contribution is -2.55. The van der Waals surface area contributed by atoms with E-state index in [9.17, 15) is 23.5 Å². The summed E-state index contributed by atoms with van der Waals surface area (Å²) in [6.45, 7) is 3.92. The zero-order valence-electron chi connectivity index (χ0n) is 20.4. The number of alkyl halides is 2. The number of fused-ring (bicyclic) bond motifs is 1. The lowest BCUT2D eigenvalue weighted by molar-refractivity contribution is -0.0957.